The summed E-state index contributed by atoms with van der Waals surface area (Å²) >= 11 is 2.80. The Hall–Kier alpha value is -0.900. The number of furan rings is 1. The third-order valence-electron chi connectivity index (χ3n) is 1.56. The fraction of sp³-hybridized carbons (Fsp3) is 0.286. The van der Waals surface area contributed by atoms with Gasteiger partial charge in [-0.05, 0) is 15.9 Å². The quantitative estimate of drug-likeness (QED) is 0.705. The van der Waals surface area contributed by atoms with E-state index < -0.39 is 21.8 Å². The molecule has 0 aliphatic rings. The number of carbonyl (C=O) groups is 1. The number of carboxylic acid groups (broad SMARTS) is 1. The molecule has 1 rings (SSSR count). The van der Waals surface area contributed by atoms with Gasteiger partial charge in [-0.25, -0.2) is 17.9 Å². The minimum absolute atomic E-state index is 0.164. The van der Waals surface area contributed by atoms with Crippen molar-refractivity contribution >= 4 is 31.9 Å². The average Bonchev–Trinajstić information content (AvgIpc) is 2.58. The standard InChI is InChI=1S/C7H8BrNO6S/c8-6-5(3-4(15-6)7(11)12)16(13,14)9-1-2-10/h3,9-10H,1-2H2,(H,11,12). The van der Waals surface area contributed by atoms with Crippen molar-refractivity contribution in [3.05, 3.63) is 16.5 Å². The van der Waals surface area contributed by atoms with Gasteiger partial charge in [-0.2, -0.15) is 0 Å². The largest absolute Gasteiger partial charge is 0.475 e. The highest BCUT2D eigenvalue weighted by Crippen LogP contribution is 2.25. The lowest BCUT2D eigenvalue weighted by atomic mass is 10.5. The number of halogens is 1. The van der Waals surface area contributed by atoms with Gasteiger partial charge in [-0.15, -0.1) is 0 Å². The van der Waals surface area contributed by atoms with Crippen LogP contribution >= 0.6 is 15.9 Å². The highest BCUT2D eigenvalue weighted by molar-refractivity contribution is 9.10. The molecule has 0 saturated carbocycles. The van der Waals surface area contributed by atoms with Crippen molar-refractivity contribution in [2.45, 2.75) is 4.90 Å². The van der Waals surface area contributed by atoms with Gasteiger partial charge in [0.2, 0.25) is 15.8 Å². The molecular formula is C7H8BrNO6S. The molecule has 0 fully saturated rings. The monoisotopic (exact) mass is 313 g/mol. The summed E-state index contributed by atoms with van der Waals surface area (Å²) in [5, 5.41) is 17.1. The molecule has 0 bridgehead atoms. The molecule has 90 valence electrons. The van der Waals surface area contributed by atoms with Crippen molar-refractivity contribution in [2.75, 3.05) is 13.2 Å². The Morgan fingerprint density at radius 2 is 2.19 bits per heavy atom. The molecule has 0 atom stereocenters. The summed E-state index contributed by atoms with van der Waals surface area (Å²) in [6.07, 6.45) is 0. The number of aliphatic hydroxyl groups is 1. The summed E-state index contributed by atoms with van der Waals surface area (Å²) < 4.78 is 29.6. The Labute approximate surface area is 99.2 Å². The number of rotatable bonds is 5. The second kappa shape index (κ2) is 4.95. The smallest absolute Gasteiger partial charge is 0.371 e. The lowest BCUT2D eigenvalue weighted by Crippen LogP contribution is -2.26. The Morgan fingerprint density at radius 3 is 2.62 bits per heavy atom. The zero-order valence-electron chi connectivity index (χ0n) is 7.81. The molecule has 1 aromatic rings. The molecular weight excluding hydrogens is 306 g/mol. The van der Waals surface area contributed by atoms with Gasteiger partial charge in [0.05, 0.1) is 6.61 Å². The van der Waals surface area contributed by atoms with E-state index in [0.29, 0.717) is 0 Å². The van der Waals surface area contributed by atoms with Gasteiger partial charge in [0, 0.05) is 12.6 Å². The number of aromatic carboxylic acids is 1. The summed E-state index contributed by atoms with van der Waals surface area (Å²) in [4.78, 5) is 10.2. The van der Waals surface area contributed by atoms with Crippen LogP contribution < -0.4 is 4.72 Å². The van der Waals surface area contributed by atoms with Crippen LogP contribution in [-0.2, 0) is 10.0 Å². The summed E-state index contributed by atoms with van der Waals surface area (Å²) in [5.41, 5.74) is 0. The van der Waals surface area contributed by atoms with Crippen molar-refractivity contribution in [2.24, 2.45) is 0 Å². The molecule has 0 spiro atoms. The van der Waals surface area contributed by atoms with Crippen molar-refractivity contribution in [3.8, 4) is 0 Å². The van der Waals surface area contributed by atoms with Crippen LogP contribution in [0.15, 0.2) is 20.0 Å². The third kappa shape index (κ3) is 2.82. The van der Waals surface area contributed by atoms with E-state index >= 15 is 0 Å². The normalized spacial score (nSPS) is 11.6. The fourth-order valence-electron chi connectivity index (χ4n) is 0.898. The summed E-state index contributed by atoms with van der Waals surface area (Å²) in [6, 6.07) is 0.881. The van der Waals surface area contributed by atoms with Crippen molar-refractivity contribution in [3.63, 3.8) is 0 Å². The Kier molecular flexibility index (Phi) is 4.08. The van der Waals surface area contributed by atoms with Crippen LogP contribution in [0.1, 0.15) is 10.6 Å². The highest BCUT2D eigenvalue weighted by Gasteiger charge is 2.24. The fourth-order valence-corrected chi connectivity index (χ4v) is 2.86. The van der Waals surface area contributed by atoms with Gasteiger partial charge in [-0.1, -0.05) is 0 Å². The molecule has 0 aromatic carbocycles. The molecule has 0 saturated heterocycles. The van der Waals surface area contributed by atoms with E-state index in [4.69, 9.17) is 10.2 Å². The molecule has 16 heavy (non-hydrogen) atoms. The topological polar surface area (TPSA) is 117 Å². The minimum atomic E-state index is -3.88. The van der Waals surface area contributed by atoms with Crippen LogP contribution in [0, 0.1) is 0 Å². The van der Waals surface area contributed by atoms with Crippen LogP contribution in [0.5, 0.6) is 0 Å². The first-order valence-corrected chi connectivity index (χ1v) is 6.29. The second-order valence-electron chi connectivity index (χ2n) is 2.68. The molecule has 1 heterocycles. The number of nitrogens with one attached hydrogen (secondary N) is 1. The van der Waals surface area contributed by atoms with E-state index in [-0.39, 0.29) is 22.7 Å². The Morgan fingerprint density at radius 1 is 1.56 bits per heavy atom. The van der Waals surface area contributed by atoms with E-state index in [9.17, 15) is 13.2 Å². The lowest BCUT2D eigenvalue weighted by Gasteiger charge is -2.01. The van der Waals surface area contributed by atoms with Gasteiger partial charge >= 0.3 is 5.97 Å². The van der Waals surface area contributed by atoms with Gasteiger partial charge < -0.3 is 14.6 Å². The third-order valence-corrected chi connectivity index (χ3v) is 3.88. The molecule has 0 aliphatic carbocycles. The molecule has 0 amide bonds. The number of carboxylic acids is 1. The average molecular weight is 314 g/mol. The molecule has 7 nitrogen and oxygen atoms in total. The predicted molar refractivity (Wildman–Crippen MR) is 55.6 cm³/mol. The molecule has 0 unspecified atom stereocenters. The number of sulfonamides is 1. The maximum atomic E-state index is 11.5. The van der Waals surface area contributed by atoms with E-state index in [2.05, 4.69) is 25.1 Å². The minimum Gasteiger partial charge on any atom is -0.475 e. The molecule has 0 radical (unpaired) electrons. The SMILES string of the molecule is O=C(O)c1cc(S(=O)(=O)NCCO)c(Br)o1. The summed E-state index contributed by atoms with van der Waals surface area (Å²) in [6.45, 7) is -0.525. The first-order chi connectivity index (χ1) is 7.38. The Balaban J connectivity index is 3.08. The predicted octanol–water partition coefficient (Wildman–Crippen LogP) is 0.0109. The van der Waals surface area contributed by atoms with Gasteiger partial charge in [0.15, 0.2) is 4.67 Å². The molecule has 9 heteroatoms. The summed E-state index contributed by atoms with van der Waals surface area (Å²) in [5.74, 6) is -1.86. The lowest BCUT2D eigenvalue weighted by molar-refractivity contribution is 0.0661. The zero-order chi connectivity index (χ0) is 12.3. The van der Waals surface area contributed by atoms with Crippen LogP contribution in [0.3, 0.4) is 0 Å². The highest BCUT2D eigenvalue weighted by atomic mass is 79.9. The first kappa shape index (κ1) is 13.2. The first-order valence-electron chi connectivity index (χ1n) is 4.01. The van der Waals surface area contributed by atoms with Gasteiger partial charge in [-0.3, -0.25) is 0 Å². The Bertz CT molecular complexity index is 493. The van der Waals surface area contributed by atoms with E-state index in [1.54, 1.807) is 0 Å². The number of hydrogen-bond donors (Lipinski definition) is 3. The van der Waals surface area contributed by atoms with E-state index in [1.165, 1.54) is 0 Å². The van der Waals surface area contributed by atoms with Crippen LogP contribution in [0.25, 0.3) is 0 Å². The van der Waals surface area contributed by atoms with Crippen LogP contribution in [-0.4, -0.2) is 37.8 Å². The van der Waals surface area contributed by atoms with E-state index in [0.717, 1.165) is 6.07 Å². The zero-order valence-corrected chi connectivity index (χ0v) is 10.2. The van der Waals surface area contributed by atoms with Gasteiger partial charge in [0.25, 0.3) is 0 Å². The van der Waals surface area contributed by atoms with Crippen LogP contribution in [0.2, 0.25) is 0 Å². The van der Waals surface area contributed by atoms with Gasteiger partial charge in [0.1, 0.15) is 4.90 Å². The van der Waals surface area contributed by atoms with Crippen molar-refractivity contribution in [1.29, 1.82) is 0 Å². The molecule has 1 aromatic heterocycles. The second-order valence-corrected chi connectivity index (χ2v) is 5.13. The summed E-state index contributed by atoms with van der Waals surface area (Å²) in [7, 11) is -3.88. The molecule has 3 N–H and O–H groups in total. The molecule has 0 aliphatic heterocycles. The maximum Gasteiger partial charge on any atom is 0.371 e. The van der Waals surface area contributed by atoms with Crippen LogP contribution in [0.4, 0.5) is 0 Å². The maximum absolute atomic E-state index is 11.5. The van der Waals surface area contributed by atoms with E-state index in [1.807, 2.05) is 0 Å². The van der Waals surface area contributed by atoms with Crippen molar-refractivity contribution < 1.29 is 27.8 Å². The number of aliphatic hydroxyl groups excluding tert-OH is 1. The van der Waals surface area contributed by atoms with Crippen molar-refractivity contribution in [1.82, 2.24) is 4.72 Å². The number of hydrogen-bond acceptors (Lipinski definition) is 5.